The molecule has 0 unspecified atom stereocenters. The average Bonchev–Trinajstić information content (AvgIpc) is 2.45. The lowest BCUT2D eigenvalue weighted by molar-refractivity contribution is -0.153. The summed E-state index contributed by atoms with van der Waals surface area (Å²) in [4.78, 5) is 23.5. The van der Waals surface area contributed by atoms with Gasteiger partial charge in [0.05, 0.1) is 13.0 Å². The van der Waals surface area contributed by atoms with E-state index < -0.39 is 30.7 Å². The van der Waals surface area contributed by atoms with Crippen molar-refractivity contribution in [2.75, 3.05) is 18.4 Å². The number of nitrogens with one attached hydrogen (secondary N) is 2. The number of amides is 1. The summed E-state index contributed by atoms with van der Waals surface area (Å²) in [6, 6.07) is 5.49. The molecule has 8 heteroatoms. The van der Waals surface area contributed by atoms with Crippen molar-refractivity contribution in [3.05, 3.63) is 29.3 Å². The molecule has 0 saturated heterocycles. The first-order chi connectivity index (χ1) is 11.1. The van der Waals surface area contributed by atoms with E-state index in [1.165, 1.54) is 6.92 Å². The first-order valence-electron chi connectivity index (χ1n) is 7.43. The molecule has 0 bridgehead atoms. The van der Waals surface area contributed by atoms with E-state index in [1.807, 2.05) is 26.0 Å². The Kier molecular flexibility index (Phi) is 7.21. The second-order valence-electron chi connectivity index (χ2n) is 5.48. The van der Waals surface area contributed by atoms with Crippen LogP contribution in [0.3, 0.4) is 0 Å². The Morgan fingerprint density at radius 1 is 1.25 bits per heavy atom. The van der Waals surface area contributed by atoms with Crippen LogP contribution in [0.5, 0.6) is 0 Å². The number of benzene rings is 1. The highest BCUT2D eigenvalue weighted by Gasteiger charge is 2.26. The zero-order valence-corrected chi connectivity index (χ0v) is 13.8. The highest BCUT2D eigenvalue weighted by atomic mass is 19.4. The number of ether oxygens (including phenoxy) is 1. The Balaban J connectivity index is 2.39. The van der Waals surface area contributed by atoms with Crippen LogP contribution in [0.25, 0.3) is 0 Å². The van der Waals surface area contributed by atoms with Gasteiger partial charge in [0, 0.05) is 12.2 Å². The van der Waals surface area contributed by atoms with Gasteiger partial charge in [-0.15, -0.1) is 0 Å². The Morgan fingerprint density at radius 2 is 1.92 bits per heavy atom. The molecule has 0 radical (unpaired) electrons. The smallest absolute Gasteiger partial charge is 0.401 e. The molecule has 0 saturated carbocycles. The molecule has 1 rings (SSSR count). The Labute approximate surface area is 138 Å². The van der Waals surface area contributed by atoms with Gasteiger partial charge < -0.3 is 15.4 Å². The van der Waals surface area contributed by atoms with Crippen molar-refractivity contribution < 1.29 is 27.5 Å². The summed E-state index contributed by atoms with van der Waals surface area (Å²) in [5, 5.41) is 4.73. The topological polar surface area (TPSA) is 67.4 Å². The van der Waals surface area contributed by atoms with Gasteiger partial charge >= 0.3 is 12.1 Å². The quantitative estimate of drug-likeness (QED) is 0.588. The molecule has 0 spiro atoms. The van der Waals surface area contributed by atoms with Gasteiger partial charge in [0.25, 0.3) is 5.91 Å². The lowest BCUT2D eigenvalue weighted by Crippen LogP contribution is -2.33. The molecule has 1 atom stereocenters. The molecule has 1 aromatic carbocycles. The van der Waals surface area contributed by atoms with Gasteiger partial charge in [-0.05, 0) is 32.4 Å². The number of carbonyl (C=O) groups excluding carboxylic acids is 2. The highest BCUT2D eigenvalue weighted by molar-refractivity contribution is 5.95. The third-order valence-corrected chi connectivity index (χ3v) is 3.15. The number of alkyl halides is 3. The van der Waals surface area contributed by atoms with Gasteiger partial charge in [-0.2, -0.15) is 13.2 Å². The van der Waals surface area contributed by atoms with Crippen LogP contribution in [0.4, 0.5) is 18.9 Å². The highest BCUT2D eigenvalue weighted by Crippen LogP contribution is 2.16. The van der Waals surface area contributed by atoms with Crippen molar-refractivity contribution in [2.45, 2.75) is 39.5 Å². The van der Waals surface area contributed by atoms with E-state index in [0.29, 0.717) is 5.69 Å². The van der Waals surface area contributed by atoms with E-state index in [4.69, 9.17) is 4.74 Å². The number of carbonyl (C=O) groups is 2. The Bertz CT molecular complexity index is 588. The van der Waals surface area contributed by atoms with Crippen LogP contribution >= 0.6 is 0 Å². The lowest BCUT2D eigenvalue weighted by atomic mass is 10.1. The number of esters is 1. The number of hydrogen-bond acceptors (Lipinski definition) is 4. The second kappa shape index (κ2) is 8.68. The summed E-state index contributed by atoms with van der Waals surface area (Å²) in [5.74, 6) is -1.24. The van der Waals surface area contributed by atoms with Gasteiger partial charge in [-0.1, -0.05) is 17.7 Å². The van der Waals surface area contributed by atoms with E-state index >= 15 is 0 Å². The minimum Gasteiger partial charge on any atom is -0.452 e. The van der Waals surface area contributed by atoms with Crippen molar-refractivity contribution in [3.8, 4) is 0 Å². The molecule has 0 aliphatic rings. The van der Waals surface area contributed by atoms with Crippen LogP contribution in [-0.4, -0.2) is 37.2 Å². The minimum atomic E-state index is -4.33. The third kappa shape index (κ3) is 7.45. The van der Waals surface area contributed by atoms with Crippen molar-refractivity contribution in [1.29, 1.82) is 0 Å². The first kappa shape index (κ1) is 20.0. The molecule has 0 aromatic heterocycles. The van der Waals surface area contributed by atoms with Crippen LogP contribution in [0, 0.1) is 13.8 Å². The number of rotatable bonds is 7. The second-order valence-corrected chi connectivity index (χ2v) is 5.48. The van der Waals surface area contributed by atoms with Crippen LogP contribution in [0.1, 0.15) is 24.5 Å². The molecule has 134 valence electrons. The molecule has 2 N–H and O–H groups in total. The maximum Gasteiger partial charge on any atom is 0.401 e. The predicted molar refractivity (Wildman–Crippen MR) is 83.6 cm³/mol. The van der Waals surface area contributed by atoms with Crippen LogP contribution in [-0.2, 0) is 14.3 Å². The van der Waals surface area contributed by atoms with Crippen LogP contribution in [0.15, 0.2) is 18.2 Å². The Morgan fingerprint density at radius 3 is 2.50 bits per heavy atom. The lowest BCUT2D eigenvalue weighted by Gasteiger charge is -2.15. The minimum absolute atomic E-state index is 0.177. The molecule has 0 aliphatic heterocycles. The molecule has 24 heavy (non-hydrogen) atoms. The van der Waals surface area contributed by atoms with Gasteiger partial charge in [0.15, 0.2) is 6.10 Å². The zero-order valence-electron chi connectivity index (χ0n) is 13.8. The fourth-order valence-electron chi connectivity index (χ4n) is 1.92. The average molecular weight is 346 g/mol. The van der Waals surface area contributed by atoms with Crippen molar-refractivity contribution in [2.24, 2.45) is 0 Å². The molecule has 0 fully saturated rings. The third-order valence-electron chi connectivity index (χ3n) is 3.15. The number of halogens is 3. The van der Waals surface area contributed by atoms with Gasteiger partial charge in [-0.3, -0.25) is 9.59 Å². The fraction of sp³-hybridized carbons (Fsp3) is 0.500. The fourth-order valence-corrected chi connectivity index (χ4v) is 1.92. The monoisotopic (exact) mass is 346 g/mol. The summed E-state index contributed by atoms with van der Waals surface area (Å²) in [6.07, 6.45) is -5.62. The Hall–Kier alpha value is -2.09. The predicted octanol–water partition coefficient (Wildman–Crippen LogP) is 2.72. The molecule has 0 heterocycles. The van der Waals surface area contributed by atoms with E-state index in [2.05, 4.69) is 10.6 Å². The standard InChI is InChI=1S/C16H21F3N2O3/c1-10-4-5-13(11(2)8-10)21-15(23)12(3)24-14(22)6-7-20-9-16(17,18)19/h4-5,8,12,20H,6-7,9H2,1-3H3,(H,21,23)/t12-/m0/s1. The number of anilines is 1. The summed E-state index contributed by atoms with van der Waals surface area (Å²) in [6.45, 7) is 3.81. The van der Waals surface area contributed by atoms with Crippen molar-refractivity contribution in [3.63, 3.8) is 0 Å². The van der Waals surface area contributed by atoms with Crippen LogP contribution < -0.4 is 10.6 Å². The van der Waals surface area contributed by atoms with Crippen molar-refractivity contribution >= 4 is 17.6 Å². The first-order valence-corrected chi connectivity index (χ1v) is 7.43. The van der Waals surface area contributed by atoms with E-state index in [1.54, 1.807) is 6.07 Å². The van der Waals surface area contributed by atoms with Gasteiger partial charge in [-0.25, -0.2) is 0 Å². The van der Waals surface area contributed by atoms with Crippen LogP contribution in [0.2, 0.25) is 0 Å². The van der Waals surface area contributed by atoms with Gasteiger partial charge in [0.1, 0.15) is 0 Å². The summed E-state index contributed by atoms with van der Waals surface area (Å²) >= 11 is 0. The summed E-state index contributed by atoms with van der Waals surface area (Å²) in [7, 11) is 0. The van der Waals surface area contributed by atoms with E-state index in [-0.39, 0.29) is 13.0 Å². The molecule has 1 amide bonds. The van der Waals surface area contributed by atoms with E-state index in [9.17, 15) is 22.8 Å². The summed E-state index contributed by atoms with van der Waals surface area (Å²) < 4.78 is 40.7. The summed E-state index contributed by atoms with van der Waals surface area (Å²) in [5.41, 5.74) is 2.54. The number of aryl methyl sites for hydroxylation is 2. The zero-order chi connectivity index (χ0) is 18.3. The SMILES string of the molecule is Cc1ccc(NC(=O)[C@H](C)OC(=O)CCNCC(F)(F)F)c(C)c1. The number of hydrogen-bond donors (Lipinski definition) is 2. The molecular formula is C16H21F3N2O3. The normalized spacial score (nSPS) is 12.6. The molecule has 5 nitrogen and oxygen atoms in total. The maximum atomic E-state index is 12.0. The van der Waals surface area contributed by atoms with Gasteiger partial charge in [0.2, 0.25) is 0 Å². The molecule has 0 aliphatic carbocycles. The van der Waals surface area contributed by atoms with Crippen molar-refractivity contribution in [1.82, 2.24) is 5.32 Å². The molecule has 1 aromatic rings. The maximum absolute atomic E-state index is 12.0. The van der Waals surface area contributed by atoms with E-state index in [0.717, 1.165) is 11.1 Å². The molecular weight excluding hydrogens is 325 g/mol. The largest absolute Gasteiger partial charge is 0.452 e.